The molecule has 0 aromatic carbocycles. The molecule has 0 bridgehead atoms. The van der Waals surface area contributed by atoms with Crippen molar-refractivity contribution in [1.82, 2.24) is 15.5 Å². The van der Waals surface area contributed by atoms with Gasteiger partial charge in [-0.25, -0.2) is 0 Å². The molecule has 3 N–H and O–H groups in total. The molecule has 1 aliphatic rings. The van der Waals surface area contributed by atoms with Gasteiger partial charge in [0.25, 0.3) is 0 Å². The third-order valence-corrected chi connectivity index (χ3v) is 3.47. The number of aromatic nitrogens is 2. The predicted octanol–water partition coefficient (Wildman–Crippen LogP) is 0.247. The fourth-order valence-electron chi connectivity index (χ4n) is 2.35. The van der Waals surface area contributed by atoms with Crippen LogP contribution < -0.4 is 11.1 Å². The second-order valence-electron chi connectivity index (χ2n) is 4.54. The maximum absolute atomic E-state index is 12.1. The van der Waals surface area contributed by atoms with E-state index >= 15 is 0 Å². The van der Waals surface area contributed by atoms with Crippen LogP contribution in [0.25, 0.3) is 0 Å². The number of amides is 1. The van der Waals surface area contributed by atoms with E-state index in [2.05, 4.69) is 20.0 Å². The van der Waals surface area contributed by atoms with Crippen molar-refractivity contribution in [2.24, 2.45) is 11.1 Å². The summed E-state index contributed by atoms with van der Waals surface area (Å²) in [6.45, 7) is 0.959. The molecule has 6 nitrogen and oxygen atoms in total. The molecular weight excluding hydrogens is 220 g/mol. The van der Waals surface area contributed by atoms with Gasteiger partial charge in [-0.15, -0.1) is 0 Å². The summed E-state index contributed by atoms with van der Waals surface area (Å²) in [7, 11) is 0. The average Bonchev–Trinajstić information content (AvgIpc) is 3.00. The highest BCUT2D eigenvalue weighted by atomic mass is 16.5. The molecule has 17 heavy (non-hydrogen) atoms. The lowest BCUT2D eigenvalue weighted by Crippen LogP contribution is -2.44. The Morgan fingerprint density at radius 3 is 2.88 bits per heavy atom. The van der Waals surface area contributed by atoms with Crippen molar-refractivity contribution in [3.8, 4) is 0 Å². The van der Waals surface area contributed by atoms with Crippen LogP contribution >= 0.6 is 0 Å². The molecular formula is C11H18N4O2. The lowest BCUT2D eigenvalue weighted by Gasteiger charge is -2.25. The van der Waals surface area contributed by atoms with Crippen LogP contribution in [0.5, 0.6) is 0 Å². The lowest BCUT2D eigenvalue weighted by atomic mass is 9.85. The number of nitrogens with zero attached hydrogens (tertiary/aromatic N) is 2. The first-order valence-electron chi connectivity index (χ1n) is 6.00. The number of carbonyl (C=O) groups is 1. The Morgan fingerprint density at radius 1 is 1.53 bits per heavy atom. The molecule has 0 atom stereocenters. The normalized spacial score (nSPS) is 18.2. The van der Waals surface area contributed by atoms with Gasteiger partial charge in [0.2, 0.25) is 12.3 Å². The van der Waals surface area contributed by atoms with Crippen molar-refractivity contribution in [3.63, 3.8) is 0 Å². The summed E-state index contributed by atoms with van der Waals surface area (Å²) in [5.74, 6) is 0.680. The maximum Gasteiger partial charge on any atom is 0.227 e. The van der Waals surface area contributed by atoms with Gasteiger partial charge in [-0.2, -0.15) is 4.98 Å². The molecule has 1 aromatic rings. The predicted molar refractivity (Wildman–Crippen MR) is 61.0 cm³/mol. The highest BCUT2D eigenvalue weighted by Gasteiger charge is 2.39. The Bertz CT molecular complexity index is 358. The molecule has 1 saturated carbocycles. The van der Waals surface area contributed by atoms with Gasteiger partial charge in [0.15, 0.2) is 5.82 Å². The zero-order valence-electron chi connectivity index (χ0n) is 9.82. The number of hydrogen-bond donors (Lipinski definition) is 2. The molecule has 0 radical (unpaired) electrons. The van der Waals surface area contributed by atoms with Gasteiger partial charge in [0.05, 0.1) is 5.41 Å². The second-order valence-corrected chi connectivity index (χ2v) is 4.54. The molecule has 0 saturated heterocycles. The third-order valence-electron chi connectivity index (χ3n) is 3.47. The number of carbonyl (C=O) groups excluding carboxylic acids is 1. The molecule has 1 fully saturated rings. The van der Waals surface area contributed by atoms with Crippen LogP contribution in [0.3, 0.4) is 0 Å². The Balaban J connectivity index is 1.80. The number of nitrogens with two attached hydrogens (primary N) is 1. The summed E-state index contributed by atoms with van der Waals surface area (Å²) >= 11 is 0. The van der Waals surface area contributed by atoms with Crippen molar-refractivity contribution in [1.29, 1.82) is 0 Å². The summed E-state index contributed by atoms with van der Waals surface area (Å²) < 4.78 is 4.62. The maximum atomic E-state index is 12.1. The van der Waals surface area contributed by atoms with E-state index in [1.54, 1.807) is 0 Å². The van der Waals surface area contributed by atoms with Gasteiger partial charge in [-0.1, -0.05) is 18.0 Å². The zero-order valence-corrected chi connectivity index (χ0v) is 9.82. The Labute approximate surface area is 99.9 Å². The Hall–Kier alpha value is -1.43. The highest BCUT2D eigenvalue weighted by molar-refractivity contribution is 5.83. The van der Waals surface area contributed by atoms with E-state index in [0.29, 0.717) is 25.3 Å². The SMILES string of the molecule is NCC1(C(=O)NCCc2ncon2)CCCC1. The lowest BCUT2D eigenvalue weighted by molar-refractivity contribution is -0.130. The smallest absolute Gasteiger partial charge is 0.227 e. The molecule has 0 spiro atoms. The van der Waals surface area contributed by atoms with Crippen molar-refractivity contribution >= 4 is 5.91 Å². The first-order valence-corrected chi connectivity index (χ1v) is 6.00. The van der Waals surface area contributed by atoms with E-state index in [0.717, 1.165) is 25.7 Å². The summed E-state index contributed by atoms with van der Waals surface area (Å²) in [6.07, 6.45) is 5.86. The molecule has 1 amide bonds. The summed E-state index contributed by atoms with van der Waals surface area (Å²) in [4.78, 5) is 16.0. The van der Waals surface area contributed by atoms with E-state index in [-0.39, 0.29) is 11.3 Å². The van der Waals surface area contributed by atoms with Crippen LogP contribution in [-0.4, -0.2) is 29.1 Å². The first-order chi connectivity index (χ1) is 8.27. The second kappa shape index (κ2) is 5.27. The van der Waals surface area contributed by atoms with Gasteiger partial charge in [-0.3, -0.25) is 4.79 Å². The average molecular weight is 238 g/mol. The summed E-state index contributed by atoms with van der Waals surface area (Å²) in [5.41, 5.74) is 5.40. The minimum absolute atomic E-state index is 0.0704. The molecule has 1 aromatic heterocycles. The molecule has 94 valence electrons. The van der Waals surface area contributed by atoms with Crippen molar-refractivity contribution in [2.75, 3.05) is 13.1 Å². The first kappa shape index (κ1) is 12.0. The van der Waals surface area contributed by atoms with E-state index in [1.807, 2.05) is 0 Å². The zero-order chi connectivity index (χ0) is 12.1. The monoisotopic (exact) mass is 238 g/mol. The number of nitrogens with one attached hydrogen (secondary N) is 1. The van der Waals surface area contributed by atoms with E-state index in [4.69, 9.17) is 5.73 Å². The highest BCUT2D eigenvalue weighted by Crippen LogP contribution is 2.37. The molecule has 2 rings (SSSR count). The minimum atomic E-state index is -0.336. The van der Waals surface area contributed by atoms with Gasteiger partial charge in [0, 0.05) is 19.5 Å². The van der Waals surface area contributed by atoms with Crippen LogP contribution in [0.15, 0.2) is 10.9 Å². The van der Waals surface area contributed by atoms with Crippen LogP contribution in [-0.2, 0) is 11.2 Å². The third kappa shape index (κ3) is 2.63. The Kier molecular flexibility index (Phi) is 3.73. The van der Waals surface area contributed by atoms with Gasteiger partial charge in [0.1, 0.15) is 0 Å². The summed E-state index contributed by atoms with van der Waals surface area (Å²) in [6, 6.07) is 0. The fourth-order valence-corrected chi connectivity index (χ4v) is 2.35. The quantitative estimate of drug-likeness (QED) is 0.766. The largest absolute Gasteiger partial charge is 0.355 e. The molecule has 1 heterocycles. The minimum Gasteiger partial charge on any atom is -0.355 e. The van der Waals surface area contributed by atoms with Gasteiger partial charge in [-0.05, 0) is 12.8 Å². The van der Waals surface area contributed by atoms with Crippen molar-refractivity contribution in [2.45, 2.75) is 32.1 Å². The van der Waals surface area contributed by atoms with Crippen LogP contribution in [0.4, 0.5) is 0 Å². The van der Waals surface area contributed by atoms with Gasteiger partial charge < -0.3 is 15.6 Å². The van der Waals surface area contributed by atoms with E-state index in [1.165, 1.54) is 6.39 Å². The van der Waals surface area contributed by atoms with Crippen LogP contribution in [0, 0.1) is 5.41 Å². The number of rotatable bonds is 5. The number of hydrogen-bond acceptors (Lipinski definition) is 5. The van der Waals surface area contributed by atoms with Crippen LogP contribution in [0.2, 0.25) is 0 Å². The molecule has 0 aliphatic heterocycles. The summed E-state index contributed by atoms with van der Waals surface area (Å²) in [5, 5.41) is 6.60. The van der Waals surface area contributed by atoms with Gasteiger partial charge >= 0.3 is 0 Å². The Morgan fingerprint density at radius 2 is 2.29 bits per heavy atom. The van der Waals surface area contributed by atoms with E-state index in [9.17, 15) is 4.79 Å². The molecule has 1 aliphatic carbocycles. The topological polar surface area (TPSA) is 94.0 Å². The standard InChI is InChI=1S/C11H18N4O2/c12-7-11(4-1-2-5-11)10(16)13-6-3-9-14-8-17-15-9/h8H,1-7,12H2,(H,13,16). The fraction of sp³-hybridized carbons (Fsp3) is 0.727. The molecule has 6 heteroatoms. The van der Waals surface area contributed by atoms with E-state index < -0.39 is 0 Å². The molecule has 0 unspecified atom stereocenters. The van der Waals surface area contributed by atoms with Crippen molar-refractivity contribution < 1.29 is 9.32 Å². The van der Waals surface area contributed by atoms with Crippen molar-refractivity contribution in [3.05, 3.63) is 12.2 Å². The van der Waals surface area contributed by atoms with Crippen LogP contribution in [0.1, 0.15) is 31.5 Å².